The van der Waals surface area contributed by atoms with Crippen LogP contribution >= 0.6 is 0 Å². The highest BCUT2D eigenvalue weighted by Crippen LogP contribution is 2.41. The minimum atomic E-state index is -0.0282. The Morgan fingerprint density at radius 1 is 1.38 bits per heavy atom. The SMILES string of the molecule is CC1(c2c[nH]c3ccccc23)CO1. The van der Waals surface area contributed by atoms with Gasteiger partial charge in [-0.3, -0.25) is 0 Å². The van der Waals surface area contributed by atoms with E-state index in [1.165, 1.54) is 16.5 Å². The first-order chi connectivity index (χ1) is 6.30. The molecule has 1 aliphatic rings. The summed E-state index contributed by atoms with van der Waals surface area (Å²) in [6, 6.07) is 8.32. The fourth-order valence-electron chi connectivity index (χ4n) is 1.77. The van der Waals surface area contributed by atoms with E-state index < -0.39 is 0 Å². The number of hydrogen-bond donors (Lipinski definition) is 1. The highest BCUT2D eigenvalue weighted by Gasteiger charge is 2.42. The van der Waals surface area contributed by atoms with Crippen LogP contribution in [0.15, 0.2) is 30.5 Å². The highest BCUT2D eigenvalue weighted by atomic mass is 16.6. The second kappa shape index (κ2) is 2.15. The van der Waals surface area contributed by atoms with Crippen molar-refractivity contribution in [1.29, 1.82) is 0 Å². The second-order valence-corrected chi connectivity index (χ2v) is 3.77. The molecule has 1 aliphatic heterocycles. The molecule has 2 aromatic rings. The molecule has 1 atom stereocenters. The number of nitrogens with one attached hydrogen (secondary N) is 1. The molecule has 2 heterocycles. The molecule has 1 unspecified atom stereocenters. The summed E-state index contributed by atoms with van der Waals surface area (Å²) in [5.41, 5.74) is 2.44. The van der Waals surface area contributed by atoms with Crippen LogP contribution in [0.2, 0.25) is 0 Å². The lowest BCUT2D eigenvalue weighted by molar-refractivity contribution is 0.331. The van der Waals surface area contributed by atoms with Crippen molar-refractivity contribution < 1.29 is 4.74 Å². The van der Waals surface area contributed by atoms with Crippen LogP contribution in [0.1, 0.15) is 12.5 Å². The zero-order chi connectivity index (χ0) is 8.89. The van der Waals surface area contributed by atoms with E-state index in [2.05, 4.69) is 36.3 Å². The lowest BCUT2D eigenvalue weighted by atomic mass is 10.0. The van der Waals surface area contributed by atoms with Crippen molar-refractivity contribution in [2.45, 2.75) is 12.5 Å². The normalized spacial score (nSPS) is 26.5. The van der Waals surface area contributed by atoms with Crippen molar-refractivity contribution in [2.24, 2.45) is 0 Å². The second-order valence-electron chi connectivity index (χ2n) is 3.77. The van der Waals surface area contributed by atoms with E-state index in [-0.39, 0.29) is 5.60 Å². The average Bonchev–Trinajstić information content (AvgIpc) is 2.76. The van der Waals surface area contributed by atoms with Gasteiger partial charge in [0.1, 0.15) is 5.60 Å². The zero-order valence-corrected chi connectivity index (χ0v) is 7.50. The summed E-state index contributed by atoms with van der Waals surface area (Å²) in [5, 5.41) is 1.28. The number of aromatic nitrogens is 1. The van der Waals surface area contributed by atoms with E-state index >= 15 is 0 Å². The first-order valence-electron chi connectivity index (χ1n) is 4.50. The van der Waals surface area contributed by atoms with Crippen LogP contribution in [0.3, 0.4) is 0 Å². The molecule has 13 heavy (non-hydrogen) atoms. The summed E-state index contributed by atoms with van der Waals surface area (Å²) in [4.78, 5) is 3.25. The summed E-state index contributed by atoms with van der Waals surface area (Å²) >= 11 is 0. The van der Waals surface area contributed by atoms with Crippen molar-refractivity contribution in [3.63, 3.8) is 0 Å². The molecule has 0 saturated carbocycles. The highest BCUT2D eigenvalue weighted by molar-refractivity contribution is 5.84. The first kappa shape index (κ1) is 7.15. The van der Waals surface area contributed by atoms with Crippen molar-refractivity contribution in [3.05, 3.63) is 36.0 Å². The van der Waals surface area contributed by atoms with Gasteiger partial charge in [-0.25, -0.2) is 0 Å². The molecule has 0 bridgehead atoms. The Morgan fingerprint density at radius 2 is 2.15 bits per heavy atom. The molecule has 66 valence electrons. The number of aromatic amines is 1. The van der Waals surface area contributed by atoms with E-state index in [4.69, 9.17) is 4.74 Å². The summed E-state index contributed by atoms with van der Waals surface area (Å²) in [6.07, 6.45) is 2.05. The van der Waals surface area contributed by atoms with E-state index in [1.807, 2.05) is 6.07 Å². The number of ether oxygens (including phenoxy) is 1. The van der Waals surface area contributed by atoms with Crippen LogP contribution in [0, 0.1) is 0 Å². The largest absolute Gasteiger partial charge is 0.365 e. The van der Waals surface area contributed by atoms with E-state index in [1.54, 1.807) is 0 Å². The zero-order valence-electron chi connectivity index (χ0n) is 7.50. The van der Waals surface area contributed by atoms with Gasteiger partial charge in [0.15, 0.2) is 0 Å². The van der Waals surface area contributed by atoms with Crippen LogP contribution in [0.25, 0.3) is 10.9 Å². The van der Waals surface area contributed by atoms with Crippen molar-refractivity contribution in [1.82, 2.24) is 4.98 Å². The molecule has 0 aliphatic carbocycles. The molecule has 1 aromatic carbocycles. The predicted molar refractivity (Wildman–Crippen MR) is 51.6 cm³/mol. The molecule has 1 saturated heterocycles. The van der Waals surface area contributed by atoms with Crippen LogP contribution in [0.5, 0.6) is 0 Å². The van der Waals surface area contributed by atoms with E-state index in [9.17, 15) is 0 Å². The maximum absolute atomic E-state index is 5.43. The van der Waals surface area contributed by atoms with E-state index in [0.29, 0.717) is 0 Å². The molecule has 1 aromatic heterocycles. The summed E-state index contributed by atoms with van der Waals surface area (Å²) in [7, 11) is 0. The Balaban J connectivity index is 2.30. The van der Waals surface area contributed by atoms with Gasteiger partial charge in [-0.15, -0.1) is 0 Å². The van der Waals surface area contributed by atoms with Crippen LogP contribution < -0.4 is 0 Å². The Morgan fingerprint density at radius 3 is 2.92 bits per heavy atom. The molecular formula is C11H11NO. The molecule has 2 nitrogen and oxygen atoms in total. The Hall–Kier alpha value is -1.28. The third-order valence-corrected chi connectivity index (χ3v) is 2.74. The van der Waals surface area contributed by atoms with Gasteiger partial charge in [0.2, 0.25) is 0 Å². The smallest absolute Gasteiger partial charge is 0.116 e. The number of fused-ring (bicyclic) bond motifs is 1. The van der Waals surface area contributed by atoms with Gasteiger partial charge >= 0.3 is 0 Å². The molecule has 1 fully saturated rings. The monoisotopic (exact) mass is 173 g/mol. The third-order valence-electron chi connectivity index (χ3n) is 2.74. The van der Waals surface area contributed by atoms with Gasteiger partial charge in [-0.05, 0) is 13.0 Å². The Labute approximate surface area is 76.5 Å². The number of epoxide rings is 1. The molecule has 1 N–H and O–H groups in total. The van der Waals surface area contributed by atoms with Gasteiger partial charge in [-0.2, -0.15) is 0 Å². The molecule has 0 amide bonds. The molecule has 2 heteroatoms. The van der Waals surface area contributed by atoms with Crippen LogP contribution in [-0.2, 0) is 10.3 Å². The maximum atomic E-state index is 5.43. The molecular weight excluding hydrogens is 162 g/mol. The Kier molecular flexibility index (Phi) is 1.18. The van der Waals surface area contributed by atoms with Crippen LogP contribution in [0.4, 0.5) is 0 Å². The first-order valence-corrected chi connectivity index (χ1v) is 4.50. The number of hydrogen-bond acceptors (Lipinski definition) is 1. The lowest BCUT2D eigenvalue weighted by Crippen LogP contribution is -1.99. The number of para-hydroxylation sites is 1. The minimum Gasteiger partial charge on any atom is -0.365 e. The third kappa shape index (κ3) is 0.923. The average molecular weight is 173 g/mol. The van der Waals surface area contributed by atoms with Gasteiger partial charge in [-0.1, -0.05) is 18.2 Å². The fraction of sp³-hybridized carbons (Fsp3) is 0.273. The molecule has 3 rings (SSSR count). The number of benzene rings is 1. The minimum absolute atomic E-state index is 0.0282. The fourth-order valence-corrected chi connectivity index (χ4v) is 1.77. The van der Waals surface area contributed by atoms with Gasteiger partial charge in [0.25, 0.3) is 0 Å². The van der Waals surface area contributed by atoms with Crippen LogP contribution in [-0.4, -0.2) is 11.6 Å². The summed E-state index contributed by atoms with van der Waals surface area (Å²) in [6.45, 7) is 2.97. The Bertz CT molecular complexity index is 454. The van der Waals surface area contributed by atoms with Crippen molar-refractivity contribution in [2.75, 3.05) is 6.61 Å². The summed E-state index contributed by atoms with van der Waals surface area (Å²) in [5.74, 6) is 0. The molecule has 0 spiro atoms. The van der Waals surface area contributed by atoms with Crippen molar-refractivity contribution in [3.8, 4) is 0 Å². The lowest BCUT2D eigenvalue weighted by Gasteiger charge is -2.01. The van der Waals surface area contributed by atoms with Crippen molar-refractivity contribution >= 4 is 10.9 Å². The topological polar surface area (TPSA) is 28.3 Å². The quantitative estimate of drug-likeness (QED) is 0.659. The standard InChI is InChI=1S/C11H11NO/c1-11(7-13-11)9-6-12-10-5-3-2-4-8(9)10/h2-6,12H,7H2,1H3. The summed E-state index contributed by atoms with van der Waals surface area (Å²) < 4.78 is 5.43. The van der Waals surface area contributed by atoms with Gasteiger partial charge in [0.05, 0.1) is 6.61 Å². The number of H-pyrrole nitrogens is 1. The number of rotatable bonds is 1. The maximum Gasteiger partial charge on any atom is 0.116 e. The van der Waals surface area contributed by atoms with E-state index in [0.717, 1.165) is 6.61 Å². The van der Waals surface area contributed by atoms with Gasteiger partial charge in [0, 0.05) is 22.7 Å². The predicted octanol–water partition coefficient (Wildman–Crippen LogP) is 2.41. The van der Waals surface area contributed by atoms with Gasteiger partial charge < -0.3 is 9.72 Å². The molecule has 0 radical (unpaired) electrons.